The minimum atomic E-state index is 0.559. The second-order valence-corrected chi connectivity index (χ2v) is 9.83. The van der Waals surface area contributed by atoms with Crippen LogP contribution >= 0.6 is 11.3 Å². The van der Waals surface area contributed by atoms with E-state index in [1.165, 1.54) is 50.7 Å². The number of aromatic nitrogens is 3. The molecule has 0 radical (unpaired) electrons. The SMILES string of the molecule is CCN(Cc1ccccc1)c1ccc(C2=NCc3nnc(C)n3-c3sc4c(c32)CCC4)cc1. The van der Waals surface area contributed by atoms with Crippen molar-refractivity contribution in [2.75, 3.05) is 11.4 Å². The molecular formula is C27H27N5S. The first-order chi connectivity index (χ1) is 16.2. The average molecular weight is 454 g/mol. The molecule has 0 atom stereocenters. The van der Waals surface area contributed by atoms with E-state index in [0.29, 0.717) is 6.54 Å². The number of rotatable bonds is 5. The number of hydrogen-bond donors (Lipinski definition) is 0. The van der Waals surface area contributed by atoms with Crippen molar-refractivity contribution in [3.63, 3.8) is 0 Å². The summed E-state index contributed by atoms with van der Waals surface area (Å²) >= 11 is 1.90. The number of nitrogens with zero attached hydrogens (tertiary/aromatic N) is 5. The van der Waals surface area contributed by atoms with Gasteiger partial charge in [-0.3, -0.25) is 9.56 Å². The van der Waals surface area contributed by atoms with E-state index in [9.17, 15) is 0 Å². The molecule has 0 saturated carbocycles. The molecule has 6 heteroatoms. The quantitative estimate of drug-likeness (QED) is 0.401. The summed E-state index contributed by atoms with van der Waals surface area (Å²) in [6, 6.07) is 19.6. The maximum absolute atomic E-state index is 5.09. The van der Waals surface area contributed by atoms with Crippen molar-refractivity contribution in [1.29, 1.82) is 0 Å². The van der Waals surface area contributed by atoms with Crippen molar-refractivity contribution in [3.8, 4) is 5.00 Å². The summed E-state index contributed by atoms with van der Waals surface area (Å²) in [7, 11) is 0. The normalized spacial score (nSPS) is 14.3. The van der Waals surface area contributed by atoms with Crippen molar-refractivity contribution in [1.82, 2.24) is 14.8 Å². The monoisotopic (exact) mass is 453 g/mol. The van der Waals surface area contributed by atoms with Gasteiger partial charge in [-0.2, -0.15) is 0 Å². The van der Waals surface area contributed by atoms with Crippen LogP contribution in [0.15, 0.2) is 59.6 Å². The van der Waals surface area contributed by atoms with Gasteiger partial charge >= 0.3 is 0 Å². The Morgan fingerprint density at radius 3 is 2.61 bits per heavy atom. The number of aliphatic imine (C=N–C) groups is 1. The zero-order valence-electron chi connectivity index (χ0n) is 19.1. The van der Waals surface area contributed by atoms with Crippen LogP contribution in [0.25, 0.3) is 5.00 Å². The van der Waals surface area contributed by atoms with E-state index in [1.807, 2.05) is 18.3 Å². The highest BCUT2D eigenvalue weighted by atomic mass is 32.1. The second kappa shape index (κ2) is 8.27. The summed E-state index contributed by atoms with van der Waals surface area (Å²) in [6.07, 6.45) is 3.54. The van der Waals surface area contributed by atoms with Crippen LogP contribution in [0.4, 0.5) is 5.69 Å². The Morgan fingerprint density at radius 1 is 1.00 bits per heavy atom. The molecular weight excluding hydrogens is 426 g/mol. The highest BCUT2D eigenvalue weighted by molar-refractivity contribution is 7.15. The average Bonchev–Trinajstić information content (AvgIpc) is 3.51. The van der Waals surface area contributed by atoms with Gasteiger partial charge in [0.2, 0.25) is 0 Å². The third-order valence-electron chi connectivity index (χ3n) is 6.72. The molecule has 0 saturated heterocycles. The first-order valence-electron chi connectivity index (χ1n) is 11.7. The molecule has 6 rings (SSSR count). The van der Waals surface area contributed by atoms with Gasteiger partial charge in [0, 0.05) is 34.8 Å². The van der Waals surface area contributed by atoms with Crippen LogP contribution in [-0.4, -0.2) is 27.0 Å². The molecule has 3 heterocycles. The fourth-order valence-corrected chi connectivity index (χ4v) is 6.51. The highest BCUT2D eigenvalue weighted by Crippen LogP contribution is 2.41. The molecule has 2 aliphatic rings. The van der Waals surface area contributed by atoms with Crippen LogP contribution in [0.2, 0.25) is 0 Å². The van der Waals surface area contributed by atoms with E-state index in [4.69, 9.17) is 4.99 Å². The predicted molar refractivity (Wildman–Crippen MR) is 135 cm³/mol. The molecule has 0 spiro atoms. The lowest BCUT2D eigenvalue weighted by molar-refractivity contribution is 0.832. The van der Waals surface area contributed by atoms with Gasteiger partial charge in [-0.1, -0.05) is 42.5 Å². The van der Waals surface area contributed by atoms with Crippen LogP contribution in [0.3, 0.4) is 0 Å². The molecule has 166 valence electrons. The van der Waals surface area contributed by atoms with Gasteiger partial charge in [0.1, 0.15) is 17.4 Å². The van der Waals surface area contributed by atoms with E-state index in [0.717, 1.165) is 36.9 Å². The van der Waals surface area contributed by atoms with Crippen molar-refractivity contribution in [2.24, 2.45) is 4.99 Å². The smallest absolute Gasteiger partial charge is 0.160 e. The van der Waals surface area contributed by atoms with E-state index >= 15 is 0 Å². The fraction of sp³-hybridized carbons (Fsp3) is 0.296. The molecule has 33 heavy (non-hydrogen) atoms. The minimum Gasteiger partial charge on any atom is -0.367 e. The molecule has 0 unspecified atom stereocenters. The van der Waals surface area contributed by atoms with Crippen molar-refractivity contribution < 1.29 is 0 Å². The van der Waals surface area contributed by atoms with E-state index in [1.54, 1.807) is 0 Å². The van der Waals surface area contributed by atoms with Crippen LogP contribution in [0.1, 0.15) is 52.1 Å². The third-order valence-corrected chi connectivity index (χ3v) is 7.99. The number of anilines is 1. The number of benzene rings is 2. The molecule has 1 aliphatic carbocycles. The molecule has 0 fully saturated rings. The van der Waals surface area contributed by atoms with Crippen LogP contribution in [0.5, 0.6) is 0 Å². The van der Waals surface area contributed by atoms with Gasteiger partial charge in [0.05, 0.1) is 5.71 Å². The molecule has 0 bridgehead atoms. The standard InChI is InChI=1S/C27H27N5S/c1-3-31(17-19-8-5-4-6-9-19)21-14-12-20(13-15-21)26-25-22-10-7-11-23(22)33-27(25)32-18(2)29-30-24(32)16-28-26/h4-6,8-9,12-15H,3,7,10-11,16-17H2,1-2H3. The Hall–Kier alpha value is -3.25. The van der Waals surface area contributed by atoms with Gasteiger partial charge in [-0.25, -0.2) is 0 Å². The molecule has 2 aromatic carbocycles. The van der Waals surface area contributed by atoms with Crippen molar-refractivity contribution in [2.45, 2.75) is 46.2 Å². The second-order valence-electron chi connectivity index (χ2n) is 8.75. The maximum Gasteiger partial charge on any atom is 0.160 e. The Labute approximate surface area is 198 Å². The summed E-state index contributed by atoms with van der Waals surface area (Å²) in [5.41, 5.74) is 7.64. The topological polar surface area (TPSA) is 46.3 Å². The summed E-state index contributed by atoms with van der Waals surface area (Å²) in [4.78, 5) is 9.00. The van der Waals surface area contributed by atoms with E-state index in [-0.39, 0.29) is 0 Å². The summed E-state index contributed by atoms with van der Waals surface area (Å²) in [6.45, 7) is 6.68. The number of thiophene rings is 1. The van der Waals surface area contributed by atoms with Gasteiger partial charge in [-0.15, -0.1) is 21.5 Å². The highest BCUT2D eigenvalue weighted by Gasteiger charge is 2.30. The molecule has 1 aliphatic heterocycles. The minimum absolute atomic E-state index is 0.559. The Morgan fingerprint density at radius 2 is 1.82 bits per heavy atom. The van der Waals surface area contributed by atoms with Crippen molar-refractivity contribution >= 4 is 22.7 Å². The lowest BCUT2D eigenvalue weighted by Gasteiger charge is -2.23. The largest absolute Gasteiger partial charge is 0.367 e. The van der Waals surface area contributed by atoms with Gasteiger partial charge in [0.15, 0.2) is 5.82 Å². The first kappa shape index (κ1) is 20.4. The van der Waals surface area contributed by atoms with Gasteiger partial charge in [0.25, 0.3) is 0 Å². The summed E-state index contributed by atoms with van der Waals surface area (Å²) < 4.78 is 2.22. The predicted octanol–water partition coefficient (Wildman–Crippen LogP) is 5.50. The lowest BCUT2D eigenvalue weighted by atomic mass is 9.98. The number of hydrogen-bond acceptors (Lipinski definition) is 5. The van der Waals surface area contributed by atoms with Crippen molar-refractivity contribution in [3.05, 3.63) is 93.4 Å². The molecule has 0 amide bonds. The number of fused-ring (bicyclic) bond motifs is 5. The van der Waals surface area contributed by atoms with Gasteiger partial charge < -0.3 is 4.90 Å². The Bertz CT molecular complexity index is 1330. The third kappa shape index (κ3) is 3.49. The number of aryl methyl sites for hydroxylation is 2. The van der Waals surface area contributed by atoms with Crippen LogP contribution in [0, 0.1) is 6.92 Å². The van der Waals surface area contributed by atoms with Gasteiger partial charge in [-0.05, 0) is 56.4 Å². The maximum atomic E-state index is 5.09. The Kier molecular flexibility index (Phi) is 5.10. The Balaban J connectivity index is 1.38. The zero-order valence-corrected chi connectivity index (χ0v) is 19.9. The molecule has 2 aromatic heterocycles. The fourth-order valence-electron chi connectivity index (χ4n) is 5.05. The molecule has 5 nitrogen and oxygen atoms in total. The summed E-state index contributed by atoms with van der Waals surface area (Å²) in [5.74, 6) is 1.87. The molecule has 4 aromatic rings. The van der Waals surface area contributed by atoms with Crippen LogP contribution in [-0.2, 0) is 25.9 Å². The van der Waals surface area contributed by atoms with E-state index < -0.39 is 0 Å². The molecule has 0 N–H and O–H groups in total. The van der Waals surface area contributed by atoms with Crippen LogP contribution < -0.4 is 4.90 Å². The lowest BCUT2D eigenvalue weighted by Crippen LogP contribution is -2.22. The zero-order chi connectivity index (χ0) is 22.4. The van der Waals surface area contributed by atoms with E-state index in [2.05, 4.69) is 81.2 Å². The summed E-state index contributed by atoms with van der Waals surface area (Å²) in [5, 5.41) is 10.0. The first-order valence-corrected chi connectivity index (χ1v) is 12.5.